The van der Waals surface area contributed by atoms with Gasteiger partial charge in [0.05, 0.1) is 13.0 Å². The van der Waals surface area contributed by atoms with Crippen molar-refractivity contribution in [2.75, 3.05) is 31.5 Å². The van der Waals surface area contributed by atoms with E-state index in [1.807, 2.05) is 60.4 Å². The molecular formula is C25H29N5O2S. The highest BCUT2D eigenvalue weighted by Crippen LogP contribution is 2.17. The van der Waals surface area contributed by atoms with Gasteiger partial charge in [0.15, 0.2) is 0 Å². The number of carbonyl (C=O) groups excluding carboxylic acids is 2. The van der Waals surface area contributed by atoms with E-state index in [1.54, 1.807) is 0 Å². The first-order chi connectivity index (χ1) is 16.0. The molecule has 0 radical (unpaired) electrons. The lowest BCUT2D eigenvalue weighted by molar-refractivity contribution is -0.132. The van der Waals surface area contributed by atoms with Crippen molar-refractivity contribution < 1.29 is 9.59 Å². The Labute approximate surface area is 198 Å². The third kappa shape index (κ3) is 6.03. The smallest absolute Gasteiger partial charge is 0.286 e. The summed E-state index contributed by atoms with van der Waals surface area (Å²) in [5.41, 5.74) is 4.22. The fourth-order valence-corrected chi connectivity index (χ4v) is 4.62. The quantitative estimate of drug-likeness (QED) is 0.580. The van der Waals surface area contributed by atoms with Crippen molar-refractivity contribution in [1.29, 1.82) is 0 Å². The van der Waals surface area contributed by atoms with E-state index >= 15 is 0 Å². The van der Waals surface area contributed by atoms with Crippen LogP contribution in [0.25, 0.3) is 0 Å². The Kier molecular flexibility index (Phi) is 7.47. The summed E-state index contributed by atoms with van der Waals surface area (Å²) in [6, 6.07) is 15.8. The molecule has 4 rings (SSSR count). The molecule has 2 amide bonds. The fourth-order valence-electron chi connectivity index (χ4n) is 3.85. The zero-order valence-corrected chi connectivity index (χ0v) is 19.9. The standard InChI is InChI=1S/C25H29N5O2S/c1-3-19-8-10-21(11-9-19)26-24(32)25-28-27-22(33-25)17-29-12-14-30(15-13-29)23(31)16-20-7-5-4-6-18(20)2/h4-11H,3,12-17H2,1-2H3,(H,26,32). The lowest BCUT2D eigenvalue weighted by atomic mass is 10.1. The number of hydrogen-bond donors (Lipinski definition) is 1. The highest BCUT2D eigenvalue weighted by Gasteiger charge is 2.23. The highest BCUT2D eigenvalue weighted by atomic mass is 32.1. The van der Waals surface area contributed by atoms with E-state index in [1.165, 1.54) is 16.9 Å². The van der Waals surface area contributed by atoms with Crippen LogP contribution in [0.2, 0.25) is 0 Å². The van der Waals surface area contributed by atoms with Gasteiger partial charge in [-0.25, -0.2) is 0 Å². The predicted octanol–water partition coefficient (Wildman–Crippen LogP) is 3.55. The van der Waals surface area contributed by atoms with Crippen molar-refractivity contribution in [1.82, 2.24) is 20.0 Å². The Morgan fingerprint density at radius 3 is 2.42 bits per heavy atom. The molecule has 1 saturated heterocycles. The van der Waals surface area contributed by atoms with Crippen molar-refractivity contribution >= 4 is 28.8 Å². The van der Waals surface area contributed by atoms with Crippen LogP contribution < -0.4 is 5.32 Å². The van der Waals surface area contributed by atoms with Crippen molar-refractivity contribution in [2.45, 2.75) is 33.2 Å². The number of piperazine rings is 1. The fraction of sp³-hybridized carbons (Fsp3) is 0.360. The third-order valence-corrected chi connectivity index (χ3v) is 6.87. The number of amides is 2. The highest BCUT2D eigenvalue weighted by molar-refractivity contribution is 7.13. The lowest BCUT2D eigenvalue weighted by Gasteiger charge is -2.34. The van der Waals surface area contributed by atoms with E-state index in [0.29, 0.717) is 31.1 Å². The molecule has 1 aliphatic rings. The Bertz CT molecular complexity index is 1100. The summed E-state index contributed by atoms with van der Waals surface area (Å²) in [5, 5.41) is 12.3. The van der Waals surface area contributed by atoms with Gasteiger partial charge < -0.3 is 10.2 Å². The first kappa shape index (κ1) is 23.1. The predicted molar refractivity (Wildman–Crippen MR) is 130 cm³/mol. The summed E-state index contributed by atoms with van der Waals surface area (Å²) in [7, 11) is 0. The van der Waals surface area contributed by atoms with Crippen LogP contribution in [0.5, 0.6) is 0 Å². The van der Waals surface area contributed by atoms with Gasteiger partial charge in [0.1, 0.15) is 5.01 Å². The number of aromatic nitrogens is 2. The molecule has 2 aromatic carbocycles. The van der Waals surface area contributed by atoms with E-state index in [0.717, 1.165) is 41.3 Å². The second-order valence-electron chi connectivity index (χ2n) is 8.27. The second kappa shape index (κ2) is 10.7. The third-order valence-electron chi connectivity index (χ3n) is 5.97. The molecule has 8 heteroatoms. The first-order valence-electron chi connectivity index (χ1n) is 11.3. The summed E-state index contributed by atoms with van der Waals surface area (Å²) < 4.78 is 0. The van der Waals surface area contributed by atoms with E-state index in [4.69, 9.17) is 0 Å². The van der Waals surface area contributed by atoms with Crippen LogP contribution in [0.1, 0.15) is 38.4 Å². The molecule has 0 saturated carbocycles. The van der Waals surface area contributed by atoms with Crippen LogP contribution in [-0.4, -0.2) is 58.0 Å². The maximum absolute atomic E-state index is 12.7. The van der Waals surface area contributed by atoms with Crippen molar-refractivity contribution in [2.24, 2.45) is 0 Å². The number of hydrogen-bond acceptors (Lipinski definition) is 6. The van der Waals surface area contributed by atoms with Crippen LogP contribution in [0.4, 0.5) is 5.69 Å². The van der Waals surface area contributed by atoms with Gasteiger partial charge in [0.25, 0.3) is 5.91 Å². The molecule has 0 unspecified atom stereocenters. The SMILES string of the molecule is CCc1ccc(NC(=O)c2nnc(CN3CCN(C(=O)Cc4ccccc4C)CC3)s2)cc1. The van der Waals surface area contributed by atoms with E-state index in [2.05, 4.69) is 27.3 Å². The van der Waals surface area contributed by atoms with E-state index in [-0.39, 0.29) is 11.8 Å². The molecule has 1 N–H and O–H groups in total. The van der Waals surface area contributed by atoms with Crippen molar-refractivity contribution in [3.63, 3.8) is 0 Å². The second-order valence-corrected chi connectivity index (χ2v) is 9.33. The van der Waals surface area contributed by atoms with Crippen LogP contribution in [0.15, 0.2) is 48.5 Å². The van der Waals surface area contributed by atoms with Gasteiger partial charge in [0, 0.05) is 31.9 Å². The minimum Gasteiger partial charge on any atom is -0.340 e. The molecule has 1 aliphatic heterocycles. The molecule has 0 bridgehead atoms. The molecule has 3 aromatic rings. The zero-order chi connectivity index (χ0) is 23.2. The average molecular weight is 464 g/mol. The Morgan fingerprint density at radius 1 is 1.00 bits per heavy atom. The Hall–Kier alpha value is -3.10. The molecule has 0 aliphatic carbocycles. The van der Waals surface area contributed by atoms with Crippen LogP contribution in [0, 0.1) is 6.92 Å². The van der Waals surface area contributed by atoms with Crippen LogP contribution in [-0.2, 0) is 24.2 Å². The topological polar surface area (TPSA) is 78.4 Å². The summed E-state index contributed by atoms with van der Waals surface area (Å²) in [6.45, 7) is 7.73. The van der Waals surface area contributed by atoms with Gasteiger partial charge in [-0.2, -0.15) is 0 Å². The van der Waals surface area contributed by atoms with Gasteiger partial charge in [-0.15, -0.1) is 10.2 Å². The molecule has 172 valence electrons. The minimum atomic E-state index is -0.241. The Balaban J connectivity index is 1.25. The van der Waals surface area contributed by atoms with Gasteiger partial charge in [0.2, 0.25) is 10.9 Å². The molecule has 0 spiro atoms. The normalized spacial score (nSPS) is 14.3. The monoisotopic (exact) mass is 463 g/mol. The number of benzene rings is 2. The Morgan fingerprint density at radius 2 is 1.73 bits per heavy atom. The van der Waals surface area contributed by atoms with Gasteiger partial charge in [-0.3, -0.25) is 14.5 Å². The zero-order valence-electron chi connectivity index (χ0n) is 19.1. The van der Waals surface area contributed by atoms with Gasteiger partial charge in [-0.1, -0.05) is 54.7 Å². The summed E-state index contributed by atoms with van der Waals surface area (Å²) in [4.78, 5) is 29.4. The van der Waals surface area contributed by atoms with Gasteiger partial charge in [-0.05, 0) is 42.2 Å². The largest absolute Gasteiger partial charge is 0.340 e. The van der Waals surface area contributed by atoms with E-state index < -0.39 is 0 Å². The van der Waals surface area contributed by atoms with Crippen LogP contribution >= 0.6 is 11.3 Å². The van der Waals surface area contributed by atoms with Crippen molar-refractivity contribution in [3.8, 4) is 0 Å². The number of rotatable bonds is 7. The molecule has 7 nitrogen and oxygen atoms in total. The van der Waals surface area contributed by atoms with Gasteiger partial charge >= 0.3 is 0 Å². The number of nitrogens with zero attached hydrogens (tertiary/aromatic N) is 4. The number of nitrogens with one attached hydrogen (secondary N) is 1. The van der Waals surface area contributed by atoms with Crippen molar-refractivity contribution in [3.05, 3.63) is 75.2 Å². The number of anilines is 1. The van der Waals surface area contributed by atoms with E-state index in [9.17, 15) is 9.59 Å². The summed E-state index contributed by atoms with van der Waals surface area (Å²) >= 11 is 1.32. The molecule has 1 aromatic heterocycles. The average Bonchev–Trinajstić information content (AvgIpc) is 3.30. The maximum atomic E-state index is 12.7. The first-order valence-corrected chi connectivity index (χ1v) is 12.1. The molecule has 2 heterocycles. The summed E-state index contributed by atoms with van der Waals surface area (Å²) in [5.74, 6) is -0.0691. The molecule has 1 fully saturated rings. The summed E-state index contributed by atoms with van der Waals surface area (Å²) in [6.07, 6.45) is 1.41. The lowest BCUT2D eigenvalue weighted by Crippen LogP contribution is -2.48. The number of carbonyl (C=O) groups is 2. The molecule has 0 atom stereocenters. The molecule has 33 heavy (non-hydrogen) atoms. The number of aryl methyl sites for hydroxylation is 2. The minimum absolute atomic E-state index is 0.172. The van der Waals surface area contributed by atoms with Crippen LogP contribution in [0.3, 0.4) is 0 Å². The molecular weight excluding hydrogens is 434 g/mol. The maximum Gasteiger partial charge on any atom is 0.286 e.